The predicted molar refractivity (Wildman–Crippen MR) is 100 cm³/mol. The minimum atomic E-state index is 0.0239. The van der Waals surface area contributed by atoms with Crippen molar-refractivity contribution in [1.29, 1.82) is 0 Å². The minimum Gasteiger partial charge on any atom is -0.497 e. The number of hydrogen-bond acceptors (Lipinski definition) is 3. The van der Waals surface area contributed by atoms with Gasteiger partial charge in [-0.15, -0.1) is 11.8 Å². The van der Waals surface area contributed by atoms with Gasteiger partial charge < -0.3 is 9.64 Å². The van der Waals surface area contributed by atoms with Gasteiger partial charge in [0.15, 0.2) is 0 Å². The zero-order valence-corrected chi connectivity index (χ0v) is 14.9. The maximum absolute atomic E-state index is 12.6. The topological polar surface area (TPSA) is 29.5 Å². The standard InChI is InChI=1S/C19H18ClNO2S/c1-23-17-9-2-14(3-10-17)4-11-18(22)21-12-13-24-19(21)15-5-7-16(20)8-6-15/h2-11,19H,12-13H2,1H3/b11-4+. The summed E-state index contributed by atoms with van der Waals surface area (Å²) < 4.78 is 5.14. The van der Waals surface area contributed by atoms with Gasteiger partial charge in [0.25, 0.3) is 0 Å². The summed E-state index contributed by atoms with van der Waals surface area (Å²) >= 11 is 7.72. The van der Waals surface area contributed by atoms with Crippen LogP contribution in [0.3, 0.4) is 0 Å². The molecule has 1 aliphatic rings. The zero-order chi connectivity index (χ0) is 16.9. The highest BCUT2D eigenvalue weighted by Crippen LogP contribution is 2.38. The van der Waals surface area contributed by atoms with Crippen molar-refractivity contribution in [1.82, 2.24) is 4.90 Å². The summed E-state index contributed by atoms with van der Waals surface area (Å²) in [4.78, 5) is 14.5. The number of amides is 1. The molecule has 3 rings (SSSR count). The van der Waals surface area contributed by atoms with Crippen molar-refractivity contribution in [3.63, 3.8) is 0 Å². The highest BCUT2D eigenvalue weighted by atomic mass is 35.5. The molecule has 1 heterocycles. The number of rotatable bonds is 4. The van der Waals surface area contributed by atoms with Gasteiger partial charge in [0.1, 0.15) is 11.1 Å². The second-order valence-corrected chi connectivity index (χ2v) is 7.04. The summed E-state index contributed by atoms with van der Waals surface area (Å²) in [6.45, 7) is 0.754. The van der Waals surface area contributed by atoms with E-state index in [4.69, 9.17) is 16.3 Å². The molecule has 2 aromatic carbocycles. The molecule has 24 heavy (non-hydrogen) atoms. The summed E-state index contributed by atoms with van der Waals surface area (Å²) in [5, 5.41) is 0.759. The van der Waals surface area contributed by atoms with Crippen LogP contribution < -0.4 is 4.74 Å². The molecule has 124 valence electrons. The van der Waals surface area contributed by atoms with Gasteiger partial charge in [-0.05, 0) is 41.5 Å². The van der Waals surface area contributed by atoms with Crippen LogP contribution in [0.1, 0.15) is 16.5 Å². The summed E-state index contributed by atoms with van der Waals surface area (Å²) in [6, 6.07) is 15.3. The third-order valence-corrected chi connectivity index (χ3v) is 5.38. The molecule has 0 saturated carbocycles. The van der Waals surface area contributed by atoms with E-state index in [1.165, 1.54) is 0 Å². The van der Waals surface area contributed by atoms with E-state index < -0.39 is 0 Å². The van der Waals surface area contributed by atoms with Crippen molar-refractivity contribution in [3.05, 3.63) is 70.8 Å². The Morgan fingerprint density at radius 1 is 1.21 bits per heavy atom. The molecule has 0 aliphatic carbocycles. The molecule has 5 heteroatoms. The SMILES string of the molecule is COc1ccc(/C=C/C(=O)N2CCSC2c2ccc(Cl)cc2)cc1. The molecule has 3 nitrogen and oxygen atoms in total. The molecule has 2 aromatic rings. The first-order valence-electron chi connectivity index (χ1n) is 7.67. The minimum absolute atomic E-state index is 0.0239. The Balaban J connectivity index is 1.70. The van der Waals surface area contributed by atoms with Crippen molar-refractivity contribution in [2.45, 2.75) is 5.37 Å². The predicted octanol–water partition coefficient (Wildman–Crippen LogP) is 4.64. The number of ether oxygens (including phenoxy) is 1. The molecule has 1 unspecified atom stereocenters. The zero-order valence-electron chi connectivity index (χ0n) is 13.3. The van der Waals surface area contributed by atoms with E-state index >= 15 is 0 Å². The third kappa shape index (κ3) is 3.94. The molecule has 0 spiro atoms. The van der Waals surface area contributed by atoms with Crippen LogP contribution in [-0.4, -0.2) is 30.2 Å². The Hall–Kier alpha value is -1.91. The molecule has 1 fully saturated rings. The van der Waals surface area contributed by atoms with Crippen LogP contribution in [0.5, 0.6) is 5.75 Å². The quantitative estimate of drug-likeness (QED) is 0.745. The first-order chi connectivity index (χ1) is 11.7. The van der Waals surface area contributed by atoms with Gasteiger partial charge in [0, 0.05) is 23.4 Å². The van der Waals surface area contributed by atoms with E-state index in [0.29, 0.717) is 5.02 Å². The Labute approximate surface area is 151 Å². The molecule has 0 aromatic heterocycles. The van der Waals surface area contributed by atoms with Gasteiger partial charge in [0.05, 0.1) is 7.11 Å². The third-order valence-electron chi connectivity index (χ3n) is 3.86. The average Bonchev–Trinajstić information content (AvgIpc) is 3.10. The van der Waals surface area contributed by atoms with Crippen LogP contribution in [0.25, 0.3) is 6.08 Å². The fourth-order valence-corrected chi connectivity index (χ4v) is 3.97. The van der Waals surface area contributed by atoms with Crippen molar-refractivity contribution >= 4 is 35.3 Å². The van der Waals surface area contributed by atoms with E-state index in [-0.39, 0.29) is 11.3 Å². The number of halogens is 1. The first-order valence-corrected chi connectivity index (χ1v) is 9.10. The monoisotopic (exact) mass is 359 g/mol. The normalized spacial score (nSPS) is 17.4. The van der Waals surface area contributed by atoms with Gasteiger partial charge in [-0.2, -0.15) is 0 Å². The van der Waals surface area contributed by atoms with E-state index in [9.17, 15) is 4.79 Å². The van der Waals surface area contributed by atoms with Crippen LogP contribution in [0.4, 0.5) is 0 Å². The van der Waals surface area contributed by atoms with Gasteiger partial charge in [0.2, 0.25) is 5.91 Å². The van der Waals surface area contributed by atoms with Crippen molar-refractivity contribution in [3.8, 4) is 5.75 Å². The smallest absolute Gasteiger partial charge is 0.247 e. The molecule has 1 aliphatic heterocycles. The lowest BCUT2D eigenvalue weighted by Crippen LogP contribution is -2.28. The van der Waals surface area contributed by atoms with Gasteiger partial charge in [-0.3, -0.25) is 4.79 Å². The van der Waals surface area contributed by atoms with E-state index in [2.05, 4.69) is 0 Å². The summed E-state index contributed by atoms with van der Waals surface area (Å²) in [6.07, 6.45) is 3.47. The fraction of sp³-hybridized carbons (Fsp3) is 0.211. The van der Waals surface area contributed by atoms with Crippen molar-refractivity contribution in [2.24, 2.45) is 0 Å². The van der Waals surface area contributed by atoms with Crippen LogP contribution in [-0.2, 0) is 4.79 Å². The molecular formula is C19H18ClNO2S. The number of hydrogen-bond donors (Lipinski definition) is 0. The first kappa shape index (κ1) is 16.9. The average molecular weight is 360 g/mol. The lowest BCUT2D eigenvalue weighted by atomic mass is 10.2. The number of methoxy groups -OCH3 is 1. The Bertz CT molecular complexity index is 728. The molecule has 1 atom stereocenters. The van der Waals surface area contributed by atoms with Crippen LogP contribution in [0, 0.1) is 0 Å². The Morgan fingerprint density at radius 2 is 1.92 bits per heavy atom. The van der Waals surface area contributed by atoms with Crippen LogP contribution in [0.2, 0.25) is 5.02 Å². The second kappa shape index (κ2) is 7.77. The highest BCUT2D eigenvalue weighted by Gasteiger charge is 2.29. The molecule has 0 bridgehead atoms. The van der Waals surface area contributed by atoms with E-state index in [0.717, 1.165) is 29.2 Å². The highest BCUT2D eigenvalue weighted by molar-refractivity contribution is 7.99. The lowest BCUT2D eigenvalue weighted by Gasteiger charge is -2.22. The van der Waals surface area contributed by atoms with Crippen molar-refractivity contribution in [2.75, 3.05) is 19.4 Å². The summed E-state index contributed by atoms with van der Waals surface area (Å²) in [7, 11) is 1.64. The molecule has 0 N–H and O–H groups in total. The van der Waals surface area contributed by atoms with E-state index in [1.807, 2.05) is 59.5 Å². The van der Waals surface area contributed by atoms with Crippen molar-refractivity contribution < 1.29 is 9.53 Å². The van der Waals surface area contributed by atoms with Gasteiger partial charge in [-0.25, -0.2) is 0 Å². The number of carbonyl (C=O) groups excluding carboxylic acids is 1. The second-order valence-electron chi connectivity index (χ2n) is 5.41. The molecule has 0 radical (unpaired) electrons. The number of carbonyl (C=O) groups is 1. The molecular weight excluding hydrogens is 342 g/mol. The Kier molecular flexibility index (Phi) is 5.48. The van der Waals surface area contributed by atoms with Crippen LogP contribution in [0.15, 0.2) is 54.6 Å². The van der Waals surface area contributed by atoms with Crippen LogP contribution >= 0.6 is 23.4 Å². The lowest BCUT2D eigenvalue weighted by molar-refractivity contribution is -0.126. The van der Waals surface area contributed by atoms with E-state index in [1.54, 1.807) is 24.9 Å². The summed E-state index contributed by atoms with van der Waals surface area (Å²) in [5.74, 6) is 1.77. The number of benzene rings is 2. The Morgan fingerprint density at radius 3 is 2.58 bits per heavy atom. The fourth-order valence-electron chi connectivity index (χ4n) is 2.58. The maximum Gasteiger partial charge on any atom is 0.247 e. The molecule has 1 saturated heterocycles. The number of thioether (sulfide) groups is 1. The number of nitrogens with zero attached hydrogens (tertiary/aromatic N) is 1. The largest absolute Gasteiger partial charge is 0.497 e. The molecule has 1 amide bonds. The maximum atomic E-state index is 12.6. The van der Waals surface area contributed by atoms with Gasteiger partial charge in [-0.1, -0.05) is 35.9 Å². The van der Waals surface area contributed by atoms with Gasteiger partial charge >= 0.3 is 0 Å². The summed E-state index contributed by atoms with van der Waals surface area (Å²) in [5.41, 5.74) is 2.08.